The molecule has 0 bridgehead atoms. The molecule has 1 aliphatic heterocycles. The van der Waals surface area contributed by atoms with Gasteiger partial charge >= 0.3 is 0 Å². The van der Waals surface area contributed by atoms with Crippen LogP contribution in [0.25, 0.3) is 5.57 Å². The Kier molecular flexibility index (Phi) is 1.99. The summed E-state index contributed by atoms with van der Waals surface area (Å²) in [6.45, 7) is 6.51. The number of anilines is 2. The molecule has 1 aliphatic rings. The fourth-order valence-electron chi connectivity index (χ4n) is 1.89. The van der Waals surface area contributed by atoms with Crippen LogP contribution in [0.15, 0.2) is 23.8 Å². The maximum absolute atomic E-state index is 5.75. The van der Waals surface area contributed by atoms with E-state index in [-0.39, 0.29) is 0 Å². The van der Waals surface area contributed by atoms with Crippen molar-refractivity contribution in [1.82, 2.24) is 0 Å². The first-order chi connectivity index (χ1) is 6.59. The summed E-state index contributed by atoms with van der Waals surface area (Å²) in [5.74, 6) is 0. The first kappa shape index (κ1) is 9.13. The van der Waals surface area contributed by atoms with Gasteiger partial charge in [0.25, 0.3) is 0 Å². The maximum atomic E-state index is 5.75. The monoisotopic (exact) mass is 188 g/mol. The van der Waals surface area contributed by atoms with Crippen LogP contribution >= 0.6 is 0 Å². The molecule has 0 spiro atoms. The summed E-state index contributed by atoms with van der Waals surface area (Å²) in [4.78, 5) is 0. The first-order valence-corrected chi connectivity index (χ1v) is 4.93. The zero-order valence-corrected chi connectivity index (χ0v) is 8.89. The van der Waals surface area contributed by atoms with Crippen molar-refractivity contribution in [3.8, 4) is 0 Å². The maximum Gasteiger partial charge on any atom is 0.0448 e. The third kappa shape index (κ3) is 1.27. The second-order valence-corrected chi connectivity index (χ2v) is 3.98. The fourth-order valence-corrected chi connectivity index (χ4v) is 1.89. The van der Waals surface area contributed by atoms with Gasteiger partial charge in [-0.25, -0.2) is 0 Å². The Bertz CT molecular complexity index is 405. The van der Waals surface area contributed by atoms with Crippen LogP contribution in [0.5, 0.6) is 0 Å². The summed E-state index contributed by atoms with van der Waals surface area (Å²) < 4.78 is 0. The predicted molar refractivity (Wildman–Crippen MR) is 62.2 cm³/mol. The predicted octanol–water partition coefficient (Wildman–Crippen LogP) is 2.88. The van der Waals surface area contributed by atoms with Gasteiger partial charge in [-0.1, -0.05) is 6.07 Å². The normalized spacial score (nSPS) is 20.4. The molecule has 0 saturated carbocycles. The Morgan fingerprint density at radius 3 is 2.71 bits per heavy atom. The molecule has 0 saturated heterocycles. The molecule has 74 valence electrons. The number of rotatable bonds is 0. The largest absolute Gasteiger partial charge is 0.399 e. The number of hydrogen-bond acceptors (Lipinski definition) is 2. The molecule has 0 aliphatic carbocycles. The Morgan fingerprint density at radius 1 is 1.29 bits per heavy atom. The quantitative estimate of drug-likeness (QED) is 0.614. The van der Waals surface area contributed by atoms with Crippen LogP contribution in [0.4, 0.5) is 11.4 Å². The van der Waals surface area contributed by atoms with Crippen molar-refractivity contribution in [1.29, 1.82) is 0 Å². The van der Waals surface area contributed by atoms with Crippen molar-refractivity contribution in [3.05, 3.63) is 29.3 Å². The van der Waals surface area contributed by atoms with Gasteiger partial charge in [0, 0.05) is 23.0 Å². The summed E-state index contributed by atoms with van der Waals surface area (Å²) in [6, 6.07) is 6.45. The highest BCUT2D eigenvalue weighted by Gasteiger charge is 2.17. The second-order valence-electron chi connectivity index (χ2n) is 3.98. The molecular weight excluding hydrogens is 172 g/mol. The van der Waals surface area contributed by atoms with Crippen molar-refractivity contribution in [2.24, 2.45) is 0 Å². The van der Waals surface area contributed by atoms with E-state index in [2.05, 4.69) is 32.2 Å². The molecule has 2 rings (SSSR count). The van der Waals surface area contributed by atoms with E-state index < -0.39 is 0 Å². The minimum Gasteiger partial charge on any atom is -0.399 e. The first-order valence-electron chi connectivity index (χ1n) is 4.93. The standard InChI is InChI=1S/C12H16N2/c1-7-8(2)11-5-4-10(13)6-12(11)14-9(7)3/h4-6,9,14H,13H2,1-3H3. The van der Waals surface area contributed by atoms with Crippen LogP contribution in [0.2, 0.25) is 0 Å². The minimum atomic E-state index is 0.407. The minimum absolute atomic E-state index is 0.407. The van der Waals surface area contributed by atoms with E-state index in [4.69, 9.17) is 5.73 Å². The molecule has 14 heavy (non-hydrogen) atoms. The highest BCUT2D eigenvalue weighted by Crippen LogP contribution is 2.34. The lowest BCUT2D eigenvalue weighted by Crippen LogP contribution is -2.22. The molecule has 1 atom stereocenters. The smallest absolute Gasteiger partial charge is 0.0448 e. The third-order valence-corrected chi connectivity index (χ3v) is 3.06. The van der Waals surface area contributed by atoms with Crippen molar-refractivity contribution >= 4 is 16.9 Å². The molecule has 0 radical (unpaired) electrons. The Morgan fingerprint density at radius 2 is 2.00 bits per heavy atom. The summed E-state index contributed by atoms with van der Waals surface area (Å²) in [7, 11) is 0. The molecule has 3 N–H and O–H groups in total. The van der Waals surface area contributed by atoms with Crippen LogP contribution in [0.3, 0.4) is 0 Å². The van der Waals surface area contributed by atoms with Gasteiger partial charge in [-0.2, -0.15) is 0 Å². The van der Waals surface area contributed by atoms with Gasteiger partial charge in [-0.15, -0.1) is 0 Å². The van der Waals surface area contributed by atoms with E-state index in [1.54, 1.807) is 0 Å². The van der Waals surface area contributed by atoms with E-state index in [1.807, 2.05) is 12.1 Å². The average Bonchev–Trinajstić information content (AvgIpc) is 2.14. The molecule has 1 aromatic carbocycles. The molecular formula is C12H16N2. The Balaban J connectivity index is 2.59. The number of nitrogens with two attached hydrogens (primary N) is 1. The van der Waals surface area contributed by atoms with Gasteiger partial charge in [-0.3, -0.25) is 0 Å². The van der Waals surface area contributed by atoms with Gasteiger partial charge < -0.3 is 11.1 Å². The highest BCUT2D eigenvalue weighted by molar-refractivity contribution is 5.82. The lowest BCUT2D eigenvalue weighted by atomic mass is 9.92. The van der Waals surface area contributed by atoms with Gasteiger partial charge in [0.1, 0.15) is 0 Å². The van der Waals surface area contributed by atoms with Crippen LogP contribution in [0.1, 0.15) is 26.3 Å². The van der Waals surface area contributed by atoms with E-state index in [0.29, 0.717) is 6.04 Å². The fraction of sp³-hybridized carbons (Fsp3) is 0.333. The van der Waals surface area contributed by atoms with Gasteiger partial charge in [0.2, 0.25) is 0 Å². The average molecular weight is 188 g/mol. The second kappa shape index (κ2) is 3.05. The van der Waals surface area contributed by atoms with Crippen LogP contribution in [0, 0.1) is 0 Å². The van der Waals surface area contributed by atoms with Crippen molar-refractivity contribution < 1.29 is 0 Å². The summed E-state index contributed by atoms with van der Waals surface area (Å²) in [6.07, 6.45) is 0. The summed E-state index contributed by atoms with van der Waals surface area (Å²) in [5, 5.41) is 3.44. The molecule has 0 fully saturated rings. The number of allylic oxidation sites excluding steroid dienone is 1. The molecule has 1 aromatic rings. The molecule has 2 nitrogen and oxygen atoms in total. The lowest BCUT2D eigenvalue weighted by molar-refractivity contribution is 0.911. The molecule has 0 aromatic heterocycles. The van der Waals surface area contributed by atoms with E-state index in [9.17, 15) is 0 Å². The Hall–Kier alpha value is -1.44. The third-order valence-electron chi connectivity index (χ3n) is 3.06. The van der Waals surface area contributed by atoms with Gasteiger partial charge in [0.15, 0.2) is 0 Å². The van der Waals surface area contributed by atoms with E-state index in [0.717, 1.165) is 11.4 Å². The lowest BCUT2D eigenvalue weighted by Gasteiger charge is -2.27. The SMILES string of the molecule is CC1=C(C)C(C)Nc2cc(N)ccc21. The van der Waals surface area contributed by atoms with Crippen molar-refractivity contribution in [2.45, 2.75) is 26.8 Å². The number of nitrogen functional groups attached to an aromatic ring is 1. The summed E-state index contributed by atoms with van der Waals surface area (Å²) >= 11 is 0. The number of fused-ring (bicyclic) bond motifs is 1. The number of benzene rings is 1. The zero-order chi connectivity index (χ0) is 10.3. The Labute approximate surface area is 84.8 Å². The van der Waals surface area contributed by atoms with E-state index >= 15 is 0 Å². The van der Waals surface area contributed by atoms with Crippen LogP contribution < -0.4 is 11.1 Å². The van der Waals surface area contributed by atoms with E-state index in [1.165, 1.54) is 16.7 Å². The molecule has 2 heteroatoms. The number of nitrogens with one attached hydrogen (secondary N) is 1. The highest BCUT2D eigenvalue weighted by atomic mass is 14.9. The van der Waals surface area contributed by atoms with Crippen LogP contribution in [-0.2, 0) is 0 Å². The number of hydrogen-bond donors (Lipinski definition) is 2. The topological polar surface area (TPSA) is 38.0 Å². The van der Waals surface area contributed by atoms with Crippen molar-refractivity contribution in [2.75, 3.05) is 11.1 Å². The molecule has 1 heterocycles. The molecule has 1 unspecified atom stereocenters. The molecule has 0 amide bonds. The van der Waals surface area contributed by atoms with Crippen molar-refractivity contribution in [3.63, 3.8) is 0 Å². The van der Waals surface area contributed by atoms with Gasteiger partial charge in [0.05, 0.1) is 0 Å². The van der Waals surface area contributed by atoms with Crippen LogP contribution in [-0.4, -0.2) is 6.04 Å². The van der Waals surface area contributed by atoms with Gasteiger partial charge in [-0.05, 0) is 44.1 Å². The zero-order valence-electron chi connectivity index (χ0n) is 8.89. The summed E-state index contributed by atoms with van der Waals surface area (Å²) in [5.41, 5.74) is 11.8.